The van der Waals surface area contributed by atoms with Gasteiger partial charge in [0.1, 0.15) is 11.9 Å². The highest BCUT2D eigenvalue weighted by atomic mass is 16.6. The minimum Gasteiger partial charge on any atom is -0.494 e. The van der Waals surface area contributed by atoms with Gasteiger partial charge in [-0.1, -0.05) is 26.2 Å². The number of carbonyl (C=O) groups is 1. The van der Waals surface area contributed by atoms with Gasteiger partial charge in [0.15, 0.2) is 0 Å². The summed E-state index contributed by atoms with van der Waals surface area (Å²) in [5.74, 6) is 1.31. The monoisotopic (exact) mass is 388 g/mol. The minimum atomic E-state index is -0.338. The second-order valence-electron chi connectivity index (χ2n) is 8.20. The SMILES string of the molecule is CCCCCOc1ccc(NC(=O)O[C@@H]2CCCC[C@@H]2CN2CCCC2)cc1. The fraction of sp³-hybridized carbons (Fsp3) is 0.696. The van der Waals surface area contributed by atoms with Gasteiger partial charge in [-0.05, 0) is 75.9 Å². The lowest BCUT2D eigenvalue weighted by atomic mass is 9.86. The molecule has 0 radical (unpaired) electrons. The summed E-state index contributed by atoms with van der Waals surface area (Å²) in [7, 11) is 0. The van der Waals surface area contributed by atoms with Gasteiger partial charge in [-0.25, -0.2) is 4.79 Å². The van der Waals surface area contributed by atoms with Gasteiger partial charge in [-0.3, -0.25) is 5.32 Å². The molecule has 0 aromatic heterocycles. The van der Waals surface area contributed by atoms with Crippen molar-refractivity contribution in [1.29, 1.82) is 0 Å². The molecule has 1 heterocycles. The standard InChI is InChI=1S/C23H36N2O3/c1-2-3-8-17-27-21-13-11-20(12-14-21)24-23(26)28-22-10-5-4-9-19(22)18-25-15-6-7-16-25/h11-14,19,22H,2-10,15-18H2,1H3,(H,24,26)/t19-,22-/m1/s1. The summed E-state index contributed by atoms with van der Waals surface area (Å²) in [5.41, 5.74) is 0.748. The molecule has 1 saturated heterocycles. The normalized spacial score (nSPS) is 22.8. The van der Waals surface area contributed by atoms with Gasteiger partial charge in [-0.15, -0.1) is 0 Å². The molecule has 28 heavy (non-hydrogen) atoms. The van der Waals surface area contributed by atoms with Gasteiger partial charge in [0.25, 0.3) is 0 Å². The Labute approximate surface area is 169 Å². The third-order valence-corrected chi connectivity index (χ3v) is 5.91. The number of carbonyl (C=O) groups excluding carboxylic acids is 1. The van der Waals surface area contributed by atoms with Gasteiger partial charge in [-0.2, -0.15) is 0 Å². The first-order valence-electron chi connectivity index (χ1n) is 11.2. The number of hydrogen-bond acceptors (Lipinski definition) is 4. The van der Waals surface area contributed by atoms with Crippen molar-refractivity contribution in [3.8, 4) is 5.75 Å². The van der Waals surface area contributed by atoms with E-state index >= 15 is 0 Å². The molecule has 5 nitrogen and oxygen atoms in total. The zero-order valence-electron chi connectivity index (χ0n) is 17.3. The molecular formula is C23H36N2O3. The van der Waals surface area contributed by atoms with Crippen LogP contribution >= 0.6 is 0 Å². The summed E-state index contributed by atoms with van der Waals surface area (Å²) in [5, 5.41) is 2.88. The van der Waals surface area contributed by atoms with Crippen LogP contribution in [0.4, 0.5) is 10.5 Å². The van der Waals surface area contributed by atoms with Gasteiger partial charge in [0, 0.05) is 18.2 Å². The number of unbranched alkanes of at least 4 members (excludes halogenated alkanes) is 2. The van der Waals surface area contributed by atoms with Crippen LogP contribution in [-0.2, 0) is 4.74 Å². The van der Waals surface area contributed by atoms with Crippen molar-refractivity contribution in [2.45, 2.75) is 70.8 Å². The first-order valence-corrected chi connectivity index (χ1v) is 11.2. The molecule has 0 unspecified atom stereocenters. The van der Waals surface area contributed by atoms with Gasteiger partial charge in [0.2, 0.25) is 0 Å². The summed E-state index contributed by atoms with van der Waals surface area (Å²) in [6.45, 7) is 6.39. The fourth-order valence-electron chi connectivity index (χ4n) is 4.30. The molecule has 5 heteroatoms. The number of amides is 1. The molecule has 2 fully saturated rings. The van der Waals surface area contributed by atoms with E-state index in [0.29, 0.717) is 5.92 Å². The van der Waals surface area contributed by atoms with Crippen LogP contribution in [-0.4, -0.2) is 43.3 Å². The maximum atomic E-state index is 12.4. The number of benzene rings is 1. The van der Waals surface area contributed by atoms with Gasteiger partial charge < -0.3 is 14.4 Å². The summed E-state index contributed by atoms with van der Waals surface area (Å²) >= 11 is 0. The van der Waals surface area contributed by atoms with E-state index < -0.39 is 0 Å². The highest BCUT2D eigenvalue weighted by Gasteiger charge is 2.30. The lowest BCUT2D eigenvalue weighted by Gasteiger charge is -2.33. The average molecular weight is 389 g/mol. The molecule has 1 amide bonds. The molecule has 1 saturated carbocycles. The average Bonchev–Trinajstić information content (AvgIpc) is 3.21. The van der Waals surface area contributed by atoms with E-state index in [1.54, 1.807) is 0 Å². The highest BCUT2D eigenvalue weighted by Crippen LogP contribution is 2.29. The van der Waals surface area contributed by atoms with Crippen molar-refractivity contribution in [3.63, 3.8) is 0 Å². The van der Waals surface area contributed by atoms with Crippen molar-refractivity contribution >= 4 is 11.8 Å². The second-order valence-corrected chi connectivity index (χ2v) is 8.20. The highest BCUT2D eigenvalue weighted by molar-refractivity contribution is 5.84. The summed E-state index contributed by atoms with van der Waals surface area (Å²) < 4.78 is 11.6. The summed E-state index contributed by atoms with van der Waals surface area (Å²) in [6, 6.07) is 7.55. The lowest BCUT2D eigenvalue weighted by molar-refractivity contribution is 0.0327. The number of nitrogens with zero attached hydrogens (tertiary/aromatic N) is 1. The molecule has 1 aliphatic heterocycles. The van der Waals surface area contributed by atoms with Crippen molar-refractivity contribution in [2.24, 2.45) is 5.92 Å². The molecule has 156 valence electrons. The number of ether oxygens (including phenoxy) is 2. The minimum absolute atomic E-state index is 0.0375. The van der Waals surface area contributed by atoms with Crippen molar-refractivity contribution in [1.82, 2.24) is 4.90 Å². The zero-order valence-corrected chi connectivity index (χ0v) is 17.3. The zero-order chi connectivity index (χ0) is 19.6. The number of nitrogens with one attached hydrogen (secondary N) is 1. The Hall–Kier alpha value is -1.75. The first kappa shape index (κ1) is 21.0. The third-order valence-electron chi connectivity index (χ3n) is 5.91. The van der Waals surface area contributed by atoms with Gasteiger partial charge in [0.05, 0.1) is 6.61 Å². The molecule has 2 aliphatic rings. The smallest absolute Gasteiger partial charge is 0.411 e. The maximum absolute atomic E-state index is 12.4. The Morgan fingerprint density at radius 2 is 1.82 bits per heavy atom. The van der Waals surface area contributed by atoms with Crippen LogP contribution in [0.25, 0.3) is 0 Å². The number of anilines is 1. The molecule has 1 aromatic rings. The maximum Gasteiger partial charge on any atom is 0.411 e. The Morgan fingerprint density at radius 1 is 1.07 bits per heavy atom. The Bertz CT molecular complexity index is 584. The van der Waals surface area contributed by atoms with E-state index in [1.807, 2.05) is 24.3 Å². The number of rotatable bonds is 9. The van der Waals surface area contributed by atoms with Crippen LogP contribution in [0.3, 0.4) is 0 Å². The van der Waals surface area contributed by atoms with Crippen LogP contribution in [0.1, 0.15) is 64.7 Å². The van der Waals surface area contributed by atoms with Crippen LogP contribution in [0.15, 0.2) is 24.3 Å². The summed E-state index contributed by atoms with van der Waals surface area (Å²) in [6.07, 6.45) is 10.3. The topological polar surface area (TPSA) is 50.8 Å². The Kier molecular flexibility index (Phi) is 8.46. The molecule has 1 N–H and O–H groups in total. The summed E-state index contributed by atoms with van der Waals surface area (Å²) in [4.78, 5) is 14.9. The Morgan fingerprint density at radius 3 is 2.57 bits per heavy atom. The van der Waals surface area contributed by atoms with Crippen molar-refractivity contribution < 1.29 is 14.3 Å². The molecule has 1 aliphatic carbocycles. The molecule has 2 atom stereocenters. The van der Waals surface area contributed by atoms with E-state index in [2.05, 4.69) is 17.1 Å². The predicted octanol–water partition coefficient (Wildman–Crippen LogP) is 5.46. The van der Waals surface area contributed by atoms with E-state index in [-0.39, 0.29) is 12.2 Å². The van der Waals surface area contributed by atoms with Gasteiger partial charge >= 0.3 is 6.09 Å². The van der Waals surface area contributed by atoms with E-state index in [4.69, 9.17) is 9.47 Å². The number of likely N-dealkylation sites (tertiary alicyclic amines) is 1. The Balaban J connectivity index is 1.44. The molecule has 0 bridgehead atoms. The molecule has 1 aromatic carbocycles. The quantitative estimate of drug-likeness (QED) is 0.571. The molecule has 0 spiro atoms. The second kappa shape index (κ2) is 11.3. The third kappa shape index (κ3) is 6.69. The van der Waals surface area contributed by atoms with E-state index in [9.17, 15) is 4.79 Å². The number of hydrogen-bond donors (Lipinski definition) is 1. The van der Waals surface area contributed by atoms with Crippen molar-refractivity contribution in [3.05, 3.63) is 24.3 Å². The first-order chi connectivity index (χ1) is 13.7. The van der Waals surface area contributed by atoms with Crippen LogP contribution in [0.2, 0.25) is 0 Å². The van der Waals surface area contributed by atoms with E-state index in [0.717, 1.165) is 43.9 Å². The van der Waals surface area contributed by atoms with E-state index in [1.165, 1.54) is 51.6 Å². The molecular weight excluding hydrogens is 352 g/mol. The van der Waals surface area contributed by atoms with Crippen LogP contribution in [0, 0.1) is 5.92 Å². The fourth-order valence-corrected chi connectivity index (χ4v) is 4.30. The lowest BCUT2D eigenvalue weighted by Crippen LogP contribution is -2.38. The molecule has 3 rings (SSSR count). The van der Waals surface area contributed by atoms with Crippen LogP contribution < -0.4 is 10.1 Å². The predicted molar refractivity (Wildman–Crippen MR) is 113 cm³/mol. The van der Waals surface area contributed by atoms with Crippen LogP contribution in [0.5, 0.6) is 5.75 Å². The largest absolute Gasteiger partial charge is 0.494 e. The van der Waals surface area contributed by atoms with Crippen molar-refractivity contribution in [2.75, 3.05) is 31.6 Å².